The molecule has 1 N–H and O–H groups in total. The summed E-state index contributed by atoms with van der Waals surface area (Å²) in [6, 6.07) is 0. The summed E-state index contributed by atoms with van der Waals surface area (Å²) in [5.74, 6) is 0.795. The maximum absolute atomic E-state index is 4.63. The fourth-order valence-corrected chi connectivity index (χ4v) is 3.15. The molecule has 0 bridgehead atoms. The zero-order valence-electron chi connectivity index (χ0n) is 13.7. The average molecular weight is 278 g/mol. The minimum absolute atomic E-state index is 0.114. The first-order valence-electron chi connectivity index (χ1n) is 7.78. The van der Waals surface area contributed by atoms with Gasteiger partial charge in [0.15, 0.2) is 0 Å². The quantitative estimate of drug-likeness (QED) is 0.916. The van der Waals surface area contributed by atoms with Crippen molar-refractivity contribution in [3.8, 4) is 0 Å². The van der Waals surface area contributed by atoms with Gasteiger partial charge < -0.3 is 10.2 Å². The van der Waals surface area contributed by atoms with Gasteiger partial charge in [-0.05, 0) is 38.9 Å². The Morgan fingerprint density at radius 2 is 2.10 bits per heavy atom. The van der Waals surface area contributed by atoms with E-state index in [2.05, 4.69) is 49.3 Å². The van der Waals surface area contributed by atoms with Gasteiger partial charge in [0, 0.05) is 37.3 Å². The van der Waals surface area contributed by atoms with Crippen molar-refractivity contribution in [2.75, 3.05) is 26.7 Å². The number of rotatable bonds is 4. The standard InChI is InChI=1S/C16H30N4/c1-16(2,3)15-14(12-20(5)18-15)10-17-9-13-7-6-8-19(4)11-13/h12-13,17H,6-11H2,1-5H3. The fourth-order valence-electron chi connectivity index (χ4n) is 3.15. The highest BCUT2D eigenvalue weighted by atomic mass is 15.3. The number of nitrogens with one attached hydrogen (secondary N) is 1. The van der Waals surface area contributed by atoms with Gasteiger partial charge in [-0.25, -0.2) is 0 Å². The fraction of sp³-hybridized carbons (Fsp3) is 0.812. The molecule has 0 radical (unpaired) electrons. The first-order valence-corrected chi connectivity index (χ1v) is 7.78. The molecule has 2 rings (SSSR count). The molecule has 1 aromatic rings. The summed E-state index contributed by atoms with van der Waals surface area (Å²) < 4.78 is 1.94. The maximum Gasteiger partial charge on any atom is 0.0722 e. The lowest BCUT2D eigenvalue weighted by molar-refractivity contribution is 0.206. The summed E-state index contributed by atoms with van der Waals surface area (Å²) in [5, 5.41) is 8.27. The molecule has 114 valence electrons. The molecule has 0 aliphatic carbocycles. The van der Waals surface area contributed by atoms with E-state index in [9.17, 15) is 0 Å². The van der Waals surface area contributed by atoms with Gasteiger partial charge in [-0.1, -0.05) is 20.8 Å². The average Bonchev–Trinajstić information content (AvgIpc) is 2.70. The van der Waals surface area contributed by atoms with Gasteiger partial charge in [0.2, 0.25) is 0 Å². The molecule has 1 saturated heterocycles. The number of piperidine rings is 1. The molecule has 1 atom stereocenters. The number of likely N-dealkylation sites (tertiary alicyclic amines) is 1. The molecule has 0 amide bonds. The monoisotopic (exact) mass is 278 g/mol. The van der Waals surface area contributed by atoms with E-state index in [4.69, 9.17) is 0 Å². The van der Waals surface area contributed by atoms with Crippen LogP contribution in [0.5, 0.6) is 0 Å². The Kier molecular flexibility index (Phi) is 4.86. The summed E-state index contributed by atoms with van der Waals surface area (Å²) in [5.41, 5.74) is 2.67. The molecule has 1 fully saturated rings. The lowest BCUT2D eigenvalue weighted by Gasteiger charge is -2.29. The SMILES string of the molecule is CN1CCCC(CNCc2cn(C)nc2C(C)(C)C)C1. The zero-order chi connectivity index (χ0) is 14.8. The van der Waals surface area contributed by atoms with Gasteiger partial charge in [0.25, 0.3) is 0 Å². The Morgan fingerprint density at radius 1 is 1.35 bits per heavy atom. The molecule has 2 heterocycles. The van der Waals surface area contributed by atoms with Crippen LogP contribution in [0.2, 0.25) is 0 Å². The molecule has 1 aliphatic rings. The molecular weight excluding hydrogens is 248 g/mol. The normalized spacial score (nSPS) is 21.4. The molecule has 4 heteroatoms. The molecular formula is C16H30N4. The van der Waals surface area contributed by atoms with E-state index < -0.39 is 0 Å². The van der Waals surface area contributed by atoms with Crippen LogP contribution >= 0.6 is 0 Å². The first-order chi connectivity index (χ1) is 9.36. The molecule has 1 aromatic heterocycles. The molecule has 4 nitrogen and oxygen atoms in total. The van der Waals surface area contributed by atoms with Crippen LogP contribution in [0.15, 0.2) is 6.20 Å². The van der Waals surface area contributed by atoms with Gasteiger partial charge in [-0.2, -0.15) is 5.10 Å². The molecule has 20 heavy (non-hydrogen) atoms. The van der Waals surface area contributed by atoms with Crippen molar-refractivity contribution < 1.29 is 0 Å². The van der Waals surface area contributed by atoms with Crippen molar-refractivity contribution in [3.05, 3.63) is 17.5 Å². The van der Waals surface area contributed by atoms with E-state index in [0.29, 0.717) is 0 Å². The minimum atomic E-state index is 0.114. The highest BCUT2D eigenvalue weighted by Crippen LogP contribution is 2.24. The lowest BCUT2D eigenvalue weighted by atomic mass is 9.89. The van der Waals surface area contributed by atoms with E-state index in [1.54, 1.807) is 0 Å². The number of aryl methyl sites for hydroxylation is 1. The van der Waals surface area contributed by atoms with E-state index >= 15 is 0 Å². The third-order valence-corrected chi connectivity index (χ3v) is 4.09. The van der Waals surface area contributed by atoms with Crippen LogP contribution in [-0.2, 0) is 19.0 Å². The lowest BCUT2D eigenvalue weighted by Crippen LogP contribution is -2.37. The number of nitrogens with zero attached hydrogens (tertiary/aromatic N) is 3. The third-order valence-electron chi connectivity index (χ3n) is 4.09. The Labute approximate surface area is 123 Å². The highest BCUT2D eigenvalue weighted by Gasteiger charge is 2.22. The Hall–Kier alpha value is -0.870. The van der Waals surface area contributed by atoms with Gasteiger partial charge in [0.05, 0.1) is 5.69 Å². The van der Waals surface area contributed by atoms with Crippen LogP contribution in [0.3, 0.4) is 0 Å². The number of hydrogen-bond acceptors (Lipinski definition) is 3. The summed E-state index contributed by atoms with van der Waals surface area (Å²) >= 11 is 0. The molecule has 0 aromatic carbocycles. The van der Waals surface area contributed by atoms with Crippen molar-refractivity contribution in [2.45, 2.75) is 45.6 Å². The van der Waals surface area contributed by atoms with Crippen molar-refractivity contribution >= 4 is 0 Å². The van der Waals surface area contributed by atoms with Crippen molar-refractivity contribution in [1.29, 1.82) is 0 Å². The second-order valence-electron chi connectivity index (χ2n) is 7.33. The molecule has 0 spiro atoms. The Morgan fingerprint density at radius 3 is 2.75 bits per heavy atom. The molecule has 1 aliphatic heterocycles. The first kappa shape index (κ1) is 15.5. The van der Waals surface area contributed by atoms with Gasteiger partial charge >= 0.3 is 0 Å². The largest absolute Gasteiger partial charge is 0.312 e. The predicted octanol–water partition coefficient (Wildman–Crippen LogP) is 2.15. The van der Waals surface area contributed by atoms with E-state index in [1.165, 1.54) is 37.2 Å². The predicted molar refractivity (Wildman–Crippen MR) is 83.8 cm³/mol. The van der Waals surface area contributed by atoms with Crippen LogP contribution in [0, 0.1) is 5.92 Å². The van der Waals surface area contributed by atoms with Crippen LogP contribution in [0.4, 0.5) is 0 Å². The second-order valence-corrected chi connectivity index (χ2v) is 7.33. The van der Waals surface area contributed by atoms with Crippen molar-refractivity contribution in [3.63, 3.8) is 0 Å². The van der Waals surface area contributed by atoms with Crippen molar-refractivity contribution in [1.82, 2.24) is 20.0 Å². The summed E-state index contributed by atoms with van der Waals surface area (Å²) in [4.78, 5) is 2.44. The zero-order valence-corrected chi connectivity index (χ0v) is 13.7. The number of aromatic nitrogens is 2. The van der Waals surface area contributed by atoms with E-state index in [-0.39, 0.29) is 5.41 Å². The smallest absolute Gasteiger partial charge is 0.0722 e. The van der Waals surface area contributed by atoms with Gasteiger partial charge in [-0.15, -0.1) is 0 Å². The Bertz CT molecular complexity index is 430. The molecule has 0 saturated carbocycles. The minimum Gasteiger partial charge on any atom is -0.312 e. The van der Waals surface area contributed by atoms with Crippen LogP contribution < -0.4 is 5.32 Å². The molecule has 1 unspecified atom stereocenters. The van der Waals surface area contributed by atoms with Crippen LogP contribution in [0.1, 0.15) is 44.9 Å². The topological polar surface area (TPSA) is 33.1 Å². The Balaban J connectivity index is 1.88. The summed E-state index contributed by atoms with van der Waals surface area (Å²) in [7, 11) is 4.24. The highest BCUT2D eigenvalue weighted by molar-refractivity contribution is 5.23. The number of hydrogen-bond donors (Lipinski definition) is 1. The van der Waals surface area contributed by atoms with Gasteiger partial charge in [0.1, 0.15) is 0 Å². The summed E-state index contributed by atoms with van der Waals surface area (Å²) in [6.07, 6.45) is 4.85. The third kappa shape index (κ3) is 4.06. The van der Waals surface area contributed by atoms with Crippen LogP contribution in [-0.4, -0.2) is 41.4 Å². The van der Waals surface area contributed by atoms with Gasteiger partial charge in [-0.3, -0.25) is 4.68 Å². The van der Waals surface area contributed by atoms with E-state index in [0.717, 1.165) is 19.0 Å². The van der Waals surface area contributed by atoms with Crippen molar-refractivity contribution in [2.24, 2.45) is 13.0 Å². The second kappa shape index (κ2) is 6.27. The maximum atomic E-state index is 4.63. The van der Waals surface area contributed by atoms with E-state index in [1.807, 2.05) is 11.7 Å². The van der Waals surface area contributed by atoms with Crippen LogP contribution in [0.25, 0.3) is 0 Å². The summed E-state index contributed by atoms with van der Waals surface area (Å²) in [6.45, 7) is 11.2.